The van der Waals surface area contributed by atoms with E-state index in [0.717, 1.165) is 12.1 Å². The smallest absolute Gasteiger partial charge is 0.321 e. The molecule has 2 aromatic rings. The van der Waals surface area contributed by atoms with Gasteiger partial charge in [0.15, 0.2) is 0 Å². The second kappa shape index (κ2) is 6.20. The maximum atomic E-state index is 14.0. The molecule has 2 fully saturated rings. The van der Waals surface area contributed by atoms with Gasteiger partial charge in [-0.05, 0) is 36.8 Å². The van der Waals surface area contributed by atoms with E-state index < -0.39 is 0 Å². The standard InChI is InChI=1S/C19H18FN3O2/c20-16-4-2-1-3-15(16)17-9-11-23(17)18(24)13-5-7-14(8-6-13)22-12-10-21-19(22)25/h1-8,17H,9-12H2,(H,21,25). The van der Waals surface area contributed by atoms with Crippen LogP contribution in [0, 0.1) is 5.82 Å². The Hall–Kier alpha value is -2.89. The van der Waals surface area contributed by atoms with Gasteiger partial charge in [-0.3, -0.25) is 9.69 Å². The molecule has 1 N–H and O–H groups in total. The molecule has 2 heterocycles. The van der Waals surface area contributed by atoms with Crippen LogP contribution in [-0.2, 0) is 0 Å². The van der Waals surface area contributed by atoms with Crippen molar-refractivity contribution < 1.29 is 14.0 Å². The fraction of sp³-hybridized carbons (Fsp3) is 0.263. The van der Waals surface area contributed by atoms with Gasteiger partial charge in [-0.15, -0.1) is 0 Å². The quantitative estimate of drug-likeness (QED) is 0.935. The molecule has 6 heteroatoms. The predicted molar refractivity (Wildman–Crippen MR) is 92.0 cm³/mol. The van der Waals surface area contributed by atoms with Crippen molar-refractivity contribution in [2.75, 3.05) is 24.5 Å². The third kappa shape index (κ3) is 2.73. The second-order valence-electron chi connectivity index (χ2n) is 6.25. The summed E-state index contributed by atoms with van der Waals surface area (Å²) in [5, 5.41) is 2.75. The van der Waals surface area contributed by atoms with E-state index in [0.29, 0.717) is 30.8 Å². The number of benzene rings is 2. The summed E-state index contributed by atoms with van der Waals surface area (Å²) in [4.78, 5) is 27.8. The number of hydrogen-bond donors (Lipinski definition) is 1. The van der Waals surface area contributed by atoms with Gasteiger partial charge in [0, 0.05) is 36.4 Å². The number of nitrogens with zero attached hydrogens (tertiary/aromatic N) is 2. The van der Waals surface area contributed by atoms with E-state index in [2.05, 4.69) is 5.32 Å². The highest BCUT2D eigenvalue weighted by Crippen LogP contribution is 2.35. The monoisotopic (exact) mass is 339 g/mol. The van der Waals surface area contributed by atoms with E-state index in [1.54, 1.807) is 52.3 Å². The molecule has 0 saturated carbocycles. The van der Waals surface area contributed by atoms with Gasteiger partial charge in [0.25, 0.3) is 5.91 Å². The average molecular weight is 339 g/mol. The molecule has 2 aliphatic heterocycles. The van der Waals surface area contributed by atoms with Crippen LogP contribution in [0.3, 0.4) is 0 Å². The molecule has 0 aromatic heterocycles. The predicted octanol–water partition coefficient (Wildman–Crippen LogP) is 2.94. The first kappa shape index (κ1) is 15.6. The summed E-state index contributed by atoms with van der Waals surface area (Å²) in [6.45, 7) is 1.86. The van der Waals surface area contributed by atoms with Crippen LogP contribution in [0.5, 0.6) is 0 Å². The second-order valence-corrected chi connectivity index (χ2v) is 6.25. The first-order valence-electron chi connectivity index (χ1n) is 8.36. The fourth-order valence-corrected chi connectivity index (χ4v) is 3.37. The summed E-state index contributed by atoms with van der Waals surface area (Å²) in [5.74, 6) is -0.391. The van der Waals surface area contributed by atoms with Crippen molar-refractivity contribution >= 4 is 17.6 Å². The first-order chi connectivity index (χ1) is 12.1. The van der Waals surface area contributed by atoms with Crippen LogP contribution in [0.4, 0.5) is 14.9 Å². The number of carbonyl (C=O) groups excluding carboxylic acids is 2. The van der Waals surface area contributed by atoms with Crippen molar-refractivity contribution in [2.45, 2.75) is 12.5 Å². The molecule has 4 rings (SSSR count). The Morgan fingerprint density at radius 1 is 1.08 bits per heavy atom. The lowest BCUT2D eigenvalue weighted by Crippen LogP contribution is -2.45. The Morgan fingerprint density at radius 3 is 2.44 bits per heavy atom. The van der Waals surface area contributed by atoms with Gasteiger partial charge in [0.2, 0.25) is 0 Å². The summed E-state index contributed by atoms with van der Waals surface area (Å²) in [6, 6.07) is 13.2. The van der Waals surface area contributed by atoms with Crippen LogP contribution in [0.15, 0.2) is 48.5 Å². The number of halogens is 1. The third-order valence-electron chi connectivity index (χ3n) is 4.83. The van der Waals surface area contributed by atoms with E-state index in [9.17, 15) is 14.0 Å². The average Bonchev–Trinajstić information content (AvgIpc) is 3.02. The number of anilines is 1. The van der Waals surface area contributed by atoms with E-state index in [1.807, 2.05) is 0 Å². The zero-order chi connectivity index (χ0) is 17.4. The van der Waals surface area contributed by atoms with Crippen molar-refractivity contribution in [3.63, 3.8) is 0 Å². The van der Waals surface area contributed by atoms with E-state index >= 15 is 0 Å². The minimum Gasteiger partial charge on any atom is -0.336 e. The molecule has 0 spiro atoms. The van der Waals surface area contributed by atoms with E-state index in [4.69, 9.17) is 0 Å². The highest BCUT2D eigenvalue weighted by molar-refractivity contribution is 5.97. The maximum absolute atomic E-state index is 14.0. The maximum Gasteiger partial charge on any atom is 0.321 e. The molecule has 3 amide bonds. The topological polar surface area (TPSA) is 52.7 Å². The highest BCUT2D eigenvalue weighted by Gasteiger charge is 2.35. The van der Waals surface area contributed by atoms with Gasteiger partial charge in [-0.1, -0.05) is 18.2 Å². The minimum atomic E-state index is -0.277. The van der Waals surface area contributed by atoms with Gasteiger partial charge in [0.1, 0.15) is 5.82 Å². The van der Waals surface area contributed by atoms with Crippen molar-refractivity contribution in [2.24, 2.45) is 0 Å². The van der Waals surface area contributed by atoms with Crippen LogP contribution in [0.2, 0.25) is 0 Å². The number of carbonyl (C=O) groups is 2. The summed E-state index contributed by atoms with van der Waals surface area (Å²) < 4.78 is 14.0. The Morgan fingerprint density at radius 2 is 1.84 bits per heavy atom. The van der Waals surface area contributed by atoms with Gasteiger partial charge in [-0.2, -0.15) is 0 Å². The zero-order valence-electron chi connectivity index (χ0n) is 13.6. The summed E-state index contributed by atoms with van der Waals surface area (Å²) in [5.41, 5.74) is 1.87. The Bertz CT molecular complexity index is 822. The molecule has 25 heavy (non-hydrogen) atoms. The summed E-state index contributed by atoms with van der Waals surface area (Å²) in [7, 11) is 0. The van der Waals surface area contributed by atoms with Crippen molar-refractivity contribution in [3.05, 3.63) is 65.5 Å². The van der Waals surface area contributed by atoms with Crippen molar-refractivity contribution in [1.29, 1.82) is 0 Å². The van der Waals surface area contributed by atoms with Crippen LogP contribution in [-0.4, -0.2) is 36.5 Å². The highest BCUT2D eigenvalue weighted by atomic mass is 19.1. The molecule has 2 aromatic carbocycles. The molecule has 2 saturated heterocycles. The number of hydrogen-bond acceptors (Lipinski definition) is 2. The molecule has 0 aliphatic carbocycles. The zero-order valence-corrected chi connectivity index (χ0v) is 13.6. The largest absolute Gasteiger partial charge is 0.336 e. The lowest BCUT2D eigenvalue weighted by atomic mass is 9.93. The van der Waals surface area contributed by atoms with Gasteiger partial charge < -0.3 is 10.2 Å². The summed E-state index contributed by atoms with van der Waals surface area (Å²) in [6.07, 6.45) is 0.763. The van der Waals surface area contributed by atoms with Crippen molar-refractivity contribution in [1.82, 2.24) is 10.2 Å². The van der Waals surface area contributed by atoms with Gasteiger partial charge in [0.05, 0.1) is 6.04 Å². The molecule has 0 radical (unpaired) electrons. The molecule has 1 atom stereocenters. The van der Waals surface area contributed by atoms with Crippen LogP contribution >= 0.6 is 0 Å². The number of rotatable bonds is 3. The molecule has 1 unspecified atom stereocenters. The van der Waals surface area contributed by atoms with Gasteiger partial charge in [-0.25, -0.2) is 9.18 Å². The van der Waals surface area contributed by atoms with E-state index in [1.165, 1.54) is 6.07 Å². The van der Waals surface area contributed by atoms with Crippen molar-refractivity contribution in [3.8, 4) is 0 Å². The molecule has 128 valence electrons. The first-order valence-corrected chi connectivity index (χ1v) is 8.36. The number of amides is 3. The lowest BCUT2D eigenvalue weighted by Gasteiger charge is -2.41. The molecule has 5 nitrogen and oxygen atoms in total. The van der Waals surface area contributed by atoms with Crippen LogP contribution in [0.25, 0.3) is 0 Å². The lowest BCUT2D eigenvalue weighted by molar-refractivity contribution is 0.0453. The molecule has 2 aliphatic rings. The molecule has 0 bridgehead atoms. The normalized spacial score (nSPS) is 19.6. The number of likely N-dealkylation sites (tertiary alicyclic amines) is 1. The SMILES string of the molecule is O=C1NCCN1c1ccc(C(=O)N2CCC2c2ccccc2F)cc1. The van der Waals surface area contributed by atoms with E-state index in [-0.39, 0.29) is 23.8 Å². The summed E-state index contributed by atoms with van der Waals surface area (Å²) >= 11 is 0. The molecular weight excluding hydrogens is 321 g/mol. The van der Waals surface area contributed by atoms with Crippen LogP contribution in [0.1, 0.15) is 28.4 Å². The fourth-order valence-electron chi connectivity index (χ4n) is 3.37. The Balaban J connectivity index is 1.51. The van der Waals surface area contributed by atoms with Crippen LogP contribution < -0.4 is 10.2 Å². The number of nitrogens with one attached hydrogen (secondary N) is 1. The Labute approximate surface area is 145 Å². The Kier molecular flexibility index (Phi) is 3.87. The minimum absolute atomic E-state index is 0.114. The number of urea groups is 1. The van der Waals surface area contributed by atoms with Gasteiger partial charge >= 0.3 is 6.03 Å². The molecular formula is C19H18FN3O2. The third-order valence-corrected chi connectivity index (χ3v) is 4.83.